The lowest BCUT2D eigenvalue weighted by Gasteiger charge is -1.97. The van der Waals surface area contributed by atoms with Gasteiger partial charge in [0.1, 0.15) is 0 Å². The van der Waals surface area contributed by atoms with E-state index in [2.05, 4.69) is 10.1 Å². The zero-order valence-corrected chi connectivity index (χ0v) is 5.14. The highest BCUT2D eigenvalue weighted by Crippen LogP contribution is 1.71. The molecule has 0 unspecified atom stereocenters. The van der Waals surface area contributed by atoms with Crippen molar-refractivity contribution in [3.63, 3.8) is 0 Å². The van der Waals surface area contributed by atoms with Crippen LogP contribution in [0.2, 0.25) is 0 Å². The van der Waals surface area contributed by atoms with Crippen LogP contribution in [0.4, 0.5) is 4.79 Å². The van der Waals surface area contributed by atoms with Gasteiger partial charge in [0.25, 0.3) is 0 Å². The normalized spacial score (nSPS) is 8.11. The third-order valence-electron chi connectivity index (χ3n) is 0.682. The van der Waals surface area contributed by atoms with E-state index in [1.54, 1.807) is 6.29 Å². The molecule has 1 amide bonds. The van der Waals surface area contributed by atoms with Crippen molar-refractivity contribution in [3.05, 3.63) is 0 Å². The standard InChI is InChI=1S/C5H8NO3/c1-9-5(8)6-3-2-4-7/h2-3H2,1H3,(H,6,8). The first kappa shape index (κ1) is 7.94. The molecule has 4 heteroatoms. The molecule has 0 fully saturated rings. The summed E-state index contributed by atoms with van der Waals surface area (Å²) in [7, 11) is 1.26. The van der Waals surface area contributed by atoms with Crippen LogP contribution in [0.1, 0.15) is 6.42 Å². The van der Waals surface area contributed by atoms with Crippen molar-refractivity contribution >= 4 is 12.4 Å². The molecule has 0 aromatic carbocycles. The van der Waals surface area contributed by atoms with Crippen LogP contribution in [0.15, 0.2) is 0 Å². The van der Waals surface area contributed by atoms with Gasteiger partial charge in [0.15, 0.2) is 6.29 Å². The van der Waals surface area contributed by atoms with E-state index in [1.165, 1.54) is 7.11 Å². The minimum atomic E-state index is -0.523. The first-order chi connectivity index (χ1) is 4.31. The molecule has 9 heavy (non-hydrogen) atoms. The van der Waals surface area contributed by atoms with Gasteiger partial charge in [-0.2, -0.15) is 0 Å². The number of amides is 1. The Kier molecular flexibility index (Phi) is 4.49. The second kappa shape index (κ2) is 5.08. The average Bonchev–Trinajstić information content (AvgIpc) is 1.89. The molecule has 51 valence electrons. The van der Waals surface area contributed by atoms with E-state index in [-0.39, 0.29) is 13.0 Å². The Morgan fingerprint density at radius 3 is 2.89 bits per heavy atom. The van der Waals surface area contributed by atoms with Gasteiger partial charge in [-0.1, -0.05) is 0 Å². The molecule has 0 saturated heterocycles. The van der Waals surface area contributed by atoms with Crippen molar-refractivity contribution in [2.45, 2.75) is 6.42 Å². The van der Waals surface area contributed by atoms with Gasteiger partial charge in [0, 0.05) is 13.0 Å². The van der Waals surface area contributed by atoms with Crippen molar-refractivity contribution in [2.24, 2.45) is 0 Å². The predicted molar refractivity (Wildman–Crippen MR) is 30.7 cm³/mol. The molecule has 0 spiro atoms. The molecule has 1 radical (unpaired) electrons. The Labute approximate surface area is 53.2 Å². The van der Waals surface area contributed by atoms with Crippen LogP contribution >= 0.6 is 0 Å². The number of alkyl carbamates (subject to hydrolysis) is 1. The monoisotopic (exact) mass is 130 g/mol. The minimum absolute atomic E-state index is 0.203. The van der Waals surface area contributed by atoms with Crippen LogP contribution in [0.25, 0.3) is 0 Å². The third kappa shape index (κ3) is 4.80. The van der Waals surface area contributed by atoms with E-state index in [0.717, 1.165) is 0 Å². The molecule has 0 bridgehead atoms. The smallest absolute Gasteiger partial charge is 0.406 e. The average molecular weight is 130 g/mol. The van der Waals surface area contributed by atoms with E-state index in [4.69, 9.17) is 0 Å². The number of ether oxygens (including phenoxy) is 1. The van der Waals surface area contributed by atoms with Gasteiger partial charge in [0.2, 0.25) is 0 Å². The summed E-state index contributed by atoms with van der Waals surface area (Å²) in [6.45, 7) is 0.288. The fraction of sp³-hybridized carbons (Fsp3) is 0.600. The fourth-order valence-electron chi connectivity index (χ4n) is 0.288. The molecule has 0 rings (SSSR count). The maximum atomic E-state index is 10.2. The van der Waals surface area contributed by atoms with Crippen molar-refractivity contribution in [1.82, 2.24) is 5.32 Å². The molecule has 0 saturated carbocycles. The van der Waals surface area contributed by atoms with Gasteiger partial charge in [0.05, 0.1) is 7.11 Å². The summed E-state index contributed by atoms with van der Waals surface area (Å²) in [6, 6.07) is 0. The van der Waals surface area contributed by atoms with Crippen LogP contribution < -0.4 is 5.32 Å². The molecule has 0 aromatic heterocycles. The lowest BCUT2D eigenvalue weighted by molar-refractivity contribution is 0.171. The molecular formula is C5H8NO3. The van der Waals surface area contributed by atoms with Crippen LogP contribution in [-0.4, -0.2) is 26.0 Å². The molecule has 0 heterocycles. The molecule has 0 aliphatic rings. The second-order valence-electron chi connectivity index (χ2n) is 1.31. The van der Waals surface area contributed by atoms with Gasteiger partial charge < -0.3 is 10.1 Å². The molecule has 0 aliphatic heterocycles. The summed E-state index contributed by atoms with van der Waals surface area (Å²) in [6.07, 6.45) is 1.31. The minimum Gasteiger partial charge on any atom is -0.453 e. The fourth-order valence-corrected chi connectivity index (χ4v) is 0.288. The number of hydrogen-bond donors (Lipinski definition) is 1. The van der Waals surface area contributed by atoms with Crippen molar-refractivity contribution < 1.29 is 14.3 Å². The van der Waals surface area contributed by atoms with E-state index in [9.17, 15) is 9.59 Å². The van der Waals surface area contributed by atoms with Crippen LogP contribution in [0, 0.1) is 0 Å². The zero-order valence-electron chi connectivity index (χ0n) is 5.14. The Morgan fingerprint density at radius 2 is 2.44 bits per heavy atom. The molecule has 0 aliphatic carbocycles. The summed E-state index contributed by atoms with van der Waals surface area (Å²) >= 11 is 0. The Bertz CT molecular complexity index is 102. The highest BCUT2D eigenvalue weighted by atomic mass is 16.5. The van der Waals surface area contributed by atoms with Gasteiger partial charge in [-0.3, -0.25) is 4.79 Å². The van der Waals surface area contributed by atoms with E-state index < -0.39 is 6.09 Å². The summed E-state index contributed by atoms with van der Waals surface area (Å²) < 4.78 is 4.22. The van der Waals surface area contributed by atoms with Crippen LogP contribution in [0.5, 0.6) is 0 Å². The van der Waals surface area contributed by atoms with Gasteiger partial charge in [-0.25, -0.2) is 4.79 Å². The van der Waals surface area contributed by atoms with E-state index in [1.807, 2.05) is 0 Å². The molecule has 4 nitrogen and oxygen atoms in total. The number of methoxy groups -OCH3 is 1. The molecule has 1 N–H and O–H groups in total. The highest BCUT2D eigenvalue weighted by molar-refractivity contribution is 5.67. The molecule has 0 aromatic rings. The third-order valence-corrected chi connectivity index (χ3v) is 0.682. The first-order valence-corrected chi connectivity index (χ1v) is 2.48. The van der Waals surface area contributed by atoms with Crippen molar-refractivity contribution in [3.8, 4) is 0 Å². The predicted octanol–water partition coefficient (Wildman–Crippen LogP) is -0.158. The van der Waals surface area contributed by atoms with Crippen LogP contribution in [-0.2, 0) is 9.53 Å². The first-order valence-electron chi connectivity index (χ1n) is 2.48. The summed E-state index contributed by atoms with van der Waals surface area (Å²) in [5.74, 6) is 0. The number of carbonyl (C=O) groups is 1. The Hall–Kier alpha value is -1.06. The zero-order chi connectivity index (χ0) is 7.11. The molecular weight excluding hydrogens is 122 g/mol. The Morgan fingerprint density at radius 1 is 1.78 bits per heavy atom. The van der Waals surface area contributed by atoms with Crippen molar-refractivity contribution in [1.29, 1.82) is 0 Å². The SMILES string of the molecule is COC(=O)NCC[C]=O. The van der Waals surface area contributed by atoms with Gasteiger partial charge in [-0.05, 0) is 0 Å². The maximum Gasteiger partial charge on any atom is 0.406 e. The quantitative estimate of drug-likeness (QED) is 0.540. The molecule has 0 atom stereocenters. The summed E-state index contributed by atoms with van der Waals surface area (Å²) in [5, 5.41) is 2.31. The van der Waals surface area contributed by atoms with Gasteiger partial charge >= 0.3 is 6.09 Å². The van der Waals surface area contributed by atoms with E-state index in [0.29, 0.717) is 0 Å². The number of carbonyl (C=O) groups excluding carboxylic acids is 2. The lowest BCUT2D eigenvalue weighted by Crippen LogP contribution is -2.24. The number of rotatable bonds is 3. The number of nitrogens with one attached hydrogen (secondary N) is 1. The lowest BCUT2D eigenvalue weighted by atomic mass is 10.5. The Balaban J connectivity index is 3.06. The summed E-state index contributed by atoms with van der Waals surface area (Å²) in [5.41, 5.74) is 0. The van der Waals surface area contributed by atoms with E-state index >= 15 is 0 Å². The maximum absolute atomic E-state index is 10.2. The largest absolute Gasteiger partial charge is 0.453 e. The van der Waals surface area contributed by atoms with Crippen LogP contribution in [0.3, 0.4) is 0 Å². The van der Waals surface area contributed by atoms with Crippen molar-refractivity contribution in [2.75, 3.05) is 13.7 Å². The topological polar surface area (TPSA) is 55.4 Å². The summed E-state index contributed by atoms with van der Waals surface area (Å²) in [4.78, 5) is 19.8. The highest BCUT2D eigenvalue weighted by Gasteiger charge is 1.93. The number of hydrogen-bond acceptors (Lipinski definition) is 3. The second-order valence-corrected chi connectivity index (χ2v) is 1.31. The van der Waals surface area contributed by atoms with Gasteiger partial charge in [-0.15, -0.1) is 0 Å².